The molecule has 42 heavy (non-hydrogen) atoms. The van der Waals surface area contributed by atoms with Gasteiger partial charge < -0.3 is 20.3 Å². The topological polar surface area (TPSA) is 95.1 Å². The van der Waals surface area contributed by atoms with Crippen molar-refractivity contribution in [3.63, 3.8) is 0 Å². The van der Waals surface area contributed by atoms with Crippen LogP contribution in [0.15, 0.2) is 55.4 Å². The first-order chi connectivity index (χ1) is 20.4. The number of ether oxygens (including phenoxy) is 1. The molecule has 1 atom stereocenters. The number of nitrogens with one attached hydrogen (secondary N) is 2. The number of hydroxylamine groups is 1. The van der Waals surface area contributed by atoms with Gasteiger partial charge in [-0.05, 0) is 42.7 Å². The quantitative estimate of drug-likeness (QED) is 0.348. The van der Waals surface area contributed by atoms with Crippen LogP contribution in [0.3, 0.4) is 0 Å². The van der Waals surface area contributed by atoms with E-state index >= 15 is 0 Å². The highest BCUT2D eigenvalue weighted by Gasteiger charge is 2.32. The Morgan fingerprint density at radius 3 is 2.48 bits per heavy atom. The fourth-order valence-electron chi connectivity index (χ4n) is 5.59. The number of aromatic nitrogens is 2. The molecule has 0 spiro atoms. The predicted molar refractivity (Wildman–Crippen MR) is 156 cm³/mol. The number of hydrogen-bond donors (Lipinski definition) is 2. The molecule has 6 rings (SSSR count). The Hall–Kier alpha value is -4.29. The van der Waals surface area contributed by atoms with Gasteiger partial charge in [-0.25, -0.2) is 23.8 Å². The van der Waals surface area contributed by atoms with Gasteiger partial charge in [-0.3, -0.25) is 14.5 Å². The van der Waals surface area contributed by atoms with Gasteiger partial charge in [0, 0.05) is 56.8 Å². The maximum Gasteiger partial charge on any atom is 0.247 e. The number of piperazine rings is 1. The molecule has 3 heterocycles. The highest BCUT2D eigenvalue weighted by atomic mass is 19.1. The predicted octanol–water partition coefficient (Wildman–Crippen LogP) is 4.80. The summed E-state index contributed by atoms with van der Waals surface area (Å²) in [6.07, 6.45) is 5.69. The normalized spacial score (nSPS) is 19.1. The molecule has 3 aromatic rings. The second-order valence-corrected chi connectivity index (χ2v) is 10.6. The van der Waals surface area contributed by atoms with Gasteiger partial charge in [0.2, 0.25) is 5.91 Å². The Kier molecular flexibility index (Phi) is 7.90. The Morgan fingerprint density at radius 2 is 1.79 bits per heavy atom. The molecule has 1 aliphatic carbocycles. The van der Waals surface area contributed by atoms with Crippen molar-refractivity contribution < 1.29 is 23.1 Å². The number of benzene rings is 2. The van der Waals surface area contributed by atoms with Crippen LogP contribution in [-0.2, 0) is 9.63 Å². The lowest BCUT2D eigenvalue weighted by molar-refractivity contribution is -0.111. The molecular weight excluding hydrogens is 544 g/mol. The van der Waals surface area contributed by atoms with Gasteiger partial charge in [0.1, 0.15) is 29.5 Å². The van der Waals surface area contributed by atoms with Gasteiger partial charge in [-0.2, -0.15) is 0 Å². The van der Waals surface area contributed by atoms with Crippen molar-refractivity contribution in [3.8, 4) is 5.75 Å². The number of methoxy groups -OCH3 is 1. The molecule has 2 aliphatic heterocycles. The van der Waals surface area contributed by atoms with Crippen molar-refractivity contribution in [1.82, 2.24) is 14.9 Å². The van der Waals surface area contributed by atoms with E-state index in [-0.39, 0.29) is 5.91 Å². The molecule has 3 aliphatic rings. The van der Waals surface area contributed by atoms with Crippen molar-refractivity contribution in [1.29, 1.82) is 0 Å². The summed E-state index contributed by atoms with van der Waals surface area (Å²) in [6, 6.07) is 9.13. The van der Waals surface area contributed by atoms with Crippen LogP contribution < -0.4 is 25.3 Å². The van der Waals surface area contributed by atoms with Crippen LogP contribution in [0.1, 0.15) is 30.9 Å². The number of rotatable bonds is 9. The fraction of sp³-hybridized carbons (Fsp3) is 0.367. The van der Waals surface area contributed by atoms with E-state index in [1.54, 1.807) is 18.2 Å². The minimum atomic E-state index is -0.651. The van der Waals surface area contributed by atoms with Gasteiger partial charge in [0.25, 0.3) is 0 Å². The molecule has 2 saturated heterocycles. The molecule has 10 nitrogen and oxygen atoms in total. The maximum atomic E-state index is 13.9. The average Bonchev–Trinajstić information content (AvgIpc) is 3.72. The molecule has 2 aromatic carbocycles. The van der Waals surface area contributed by atoms with Crippen molar-refractivity contribution in [3.05, 3.63) is 72.6 Å². The highest BCUT2D eigenvalue weighted by Crippen LogP contribution is 2.40. The van der Waals surface area contributed by atoms with Gasteiger partial charge in [0.15, 0.2) is 5.82 Å². The number of carbonyl (C=O) groups excluding carboxylic acids is 1. The zero-order chi connectivity index (χ0) is 29.2. The lowest BCUT2D eigenvalue weighted by Gasteiger charge is -2.37. The number of carbonyl (C=O) groups is 1. The Bertz CT molecular complexity index is 1460. The van der Waals surface area contributed by atoms with Crippen LogP contribution in [-0.4, -0.2) is 66.7 Å². The average molecular weight is 578 g/mol. The Labute approximate surface area is 242 Å². The van der Waals surface area contributed by atoms with Crippen LogP contribution in [0.5, 0.6) is 5.75 Å². The highest BCUT2D eigenvalue weighted by molar-refractivity contribution is 6.02. The first-order valence-electron chi connectivity index (χ1n) is 14.0. The Morgan fingerprint density at radius 1 is 1.02 bits per heavy atom. The zero-order valence-corrected chi connectivity index (χ0v) is 23.4. The van der Waals surface area contributed by atoms with E-state index in [1.165, 1.54) is 37.4 Å². The first-order valence-corrected chi connectivity index (χ1v) is 14.0. The maximum absolute atomic E-state index is 13.9. The van der Waals surface area contributed by atoms with E-state index in [0.29, 0.717) is 53.4 Å². The van der Waals surface area contributed by atoms with E-state index in [9.17, 15) is 13.6 Å². The second kappa shape index (κ2) is 11.9. The van der Waals surface area contributed by atoms with E-state index in [0.717, 1.165) is 37.9 Å². The summed E-state index contributed by atoms with van der Waals surface area (Å²) in [7, 11) is 1.59. The molecule has 0 radical (unpaired) electrons. The molecule has 1 saturated carbocycles. The summed E-state index contributed by atoms with van der Waals surface area (Å²) in [6.45, 7) is 7.57. The summed E-state index contributed by atoms with van der Waals surface area (Å²) >= 11 is 0. The standard InChI is InChI=1S/C30H33F2N7O3/c1-3-30(40)36-23-15-24(27(41-2)16-26(23)38-9-7-37(8-10-38)22-4-5-22)35-28-17-29(34-18-33-28)39-25(6-11-42-39)19-12-20(31)14-21(32)13-19/h3,12-18,22,25H,1,4-11H2,2H3,(H,36,40)(H,33,34,35)/t25-/m1/s1. The first kappa shape index (κ1) is 27.9. The smallest absolute Gasteiger partial charge is 0.247 e. The van der Waals surface area contributed by atoms with Crippen LogP contribution in [0.2, 0.25) is 0 Å². The third kappa shape index (κ3) is 6.00. The number of halogens is 2. The van der Waals surface area contributed by atoms with Gasteiger partial charge in [-0.15, -0.1) is 0 Å². The van der Waals surface area contributed by atoms with E-state index in [4.69, 9.17) is 9.57 Å². The van der Waals surface area contributed by atoms with Gasteiger partial charge >= 0.3 is 0 Å². The van der Waals surface area contributed by atoms with Crippen molar-refractivity contribution in [2.24, 2.45) is 0 Å². The summed E-state index contributed by atoms with van der Waals surface area (Å²) in [5.41, 5.74) is 2.51. The van der Waals surface area contributed by atoms with Crippen LogP contribution >= 0.6 is 0 Å². The molecule has 0 bridgehead atoms. The summed E-state index contributed by atoms with van der Waals surface area (Å²) in [5.74, 6) is -0.201. The van der Waals surface area contributed by atoms with Gasteiger partial charge in [-0.1, -0.05) is 6.58 Å². The lowest BCUT2D eigenvalue weighted by atomic mass is 10.0. The van der Waals surface area contributed by atoms with E-state index in [2.05, 4.69) is 37.0 Å². The summed E-state index contributed by atoms with van der Waals surface area (Å²) < 4.78 is 33.6. The molecular formula is C30H33F2N7O3. The fourth-order valence-corrected chi connectivity index (χ4v) is 5.59. The molecule has 3 fully saturated rings. The van der Waals surface area contributed by atoms with Gasteiger partial charge in [0.05, 0.1) is 36.8 Å². The van der Waals surface area contributed by atoms with Crippen LogP contribution in [0, 0.1) is 11.6 Å². The zero-order valence-electron chi connectivity index (χ0n) is 23.4. The third-order valence-corrected chi connectivity index (χ3v) is 7.79. The number of hydrogen-bond acceptors (Lipinski definition) is 9. The number of nitrogens with zero attached hydrogens (tertiary/aromatic N) is 5. The molecule has 220 valence electrons. The third-order valence-electron chi connectivity index (χ3n) is 7.79. The monoisotopic (exact) mass is 577 g/mol. The largest absolute Gasteiger partial charge is 0.494 e. The lowest BCUT2D eigenvalue weighted by Crippen LogP contribution is -2.47. The minimum Gasteiger partial charge on any atom is -0.494 e. The van der Waals surface area contributed by atoms with E-state index in [1.807, 2.05) is 12.1 Å². The minimum absolute atomic E-state index is 0.320. The summed E-state index contributed by atoms with van der Waals surface area (Å²) in [5, 5.41) is 7.75. The SMILES string of the molecule is C=CC(=O)Nc1cc(Nc2cc(N3OCC[C@@H]3c3cc(F)cc(F)c3)ncn2)c(OC)cc1N1CCN(C2CC2)CC1. The molecule has 12 heteroatoms. The second-order valence-electron chi connectivity index (χ2n) is 10.6. The summed E-state index contributed by atoms with van der Waals surface area (Å²) in [4.78, 5) is 31.7. The molecule has 0 unspecified atom stereocenters. The van der Waals surface area contributed by atoms with Crippen molar-refractivity contribution in [2.75, 3.05) is 60.5 Å². The number of amides is 1. The molecule has 2 N–H and O–H groups in total. The van der Waals surface area contributed by atoms with Crippen LogP contribution in [0.4, 0.5) is 37.5 Å². The van der Waals surface area contributed by atoms with Crippen molar-refractivity contribution in [2.45, 2.75) is 31.3 Å². The molecule has 1 aromatic heterocycles. The van der Waals surface area contributed by atoms with Crippen LogP contribution in [0.25, 0.3) is 0 Å². The Balaban J connectivity index is 1.27. The van der Waals surface area contributed by atoms with Crippen molar-refractivity contribution >= 4 is 34.6 Å². The number of anilines is 5. The molecule has 1 amide bonds. The van der Waals surface area contributed by atoms with E-state index < -0.39 is 17.7 Å².